The molecule has 0 aliphatic heterocycles. The maximum Gasteiger partial charge on any atom is 0.170 e. The number of carbonyl (C=O) groups excluding carboxylic acids is 1. The molecule has 0 spiro atoms. The van der Waals surface area contributed by atoms with Gasteiger partial charge in [0.05, 0.1) is 12.7 Å². The highest BCUT2D eigenvalue weighted by Crippen LogP contribution is 2.70. The molecule has 21 heavy (non-hydrogen) atoms. The van der Waals surface area contributed by atoms with E-state index in [1.54, 1.807) is 7.11 Å². The number of methoxy groups -OCH3 is 1. The van der Waals surface area contributed by atoms with E-state index in [1.807, 2.05) is 19.9 Å². The van der Waals surface area contributed by atoms with E-state index in [2.05, 4.69) is 15.9 Å². The van der Waals surface area contributed by atoms with E-state index < -0.39 is 0 Å². The summed E-state index contributed by atoms with van der Waals surface area (Å²) in [5.41, 5.74) is 2.88. The predicted octanol–water partition coefficient (Wildman–Crippen LogP) is 4.55. The lowest BCUT2D eigenvalue weighted by atomic mass is 9.92. The monoisotopic (exact) mass is 348 g/mol. The van der Waals surface area contributed by atoms with Crippen molar-refractivity contribution in [3.05, 3.63) is 27.2 Å². The lowest BCUT2D eigenvalue weighted by Crippen LogP contribution is -2.13. The molecular weight excluding hydrogens is 328 g/mol. The molecule has 0 saturated heterocycles. The van der Waals surface area contributed by atoms with Crippen LogP contribution in [0.1, 0.15) is 40.7 Å². The number of hydrogen-bond acceptors (Lipinski definition) is 2. The van der Waals surface area contributed by atoms with Crippen LogP contribution in [0.25, 0.3) is 0 Å². The van der Waals surface area contributed by atoms with Crippen molar-refractivity contribution in [1.29, 1.82) is 0 Å². The summed E-state index contributed by atoms with van der Waals surface area (Å²) >= 11 is 3.59. The predicted molar refractivity (Wildman–Crippen MR) is 85.8 cm³/mol. The molecule has 3 aliphatic carbocycles. The summed E-state index contributed by atoms with van der Waals surface area (Å²) in [5.74, 6) is 4.40. The molecule has 4 atom stereocenters. The molecular formula is C18H21BrO2. The Kier molecular flexibility index (Phi) is 3.01. The number of benzene rings is 1. The molecule has 3 heteroatoms. The van der Waals surface area contributed by atoms with Crippen LogP contribution in [-0.4, -0.2) is 12.9 Å². The van der Waals surface area contributed by atoms with Gasteiger partial charge in [0.2, 0.25) is 0 Å². The molecule has 1 aromatic rings. The zero-order valence-electron chi connectivity index (χ0n) is 12.8. The van der Waals surface area contributed by atoms with Gasteiger partial charge in [0.15, 0.2) is 5.78 Å². The van der Waals surface area contributed by atoms with Crippen LogP contribution in [0.15, 0.2) is 10.5 Å². The molecule has 1 aromatic carbocycles. The van der Waals surface area contributed by atoms with Crippen molar-refractivity contribution >= 4 is 21.7 Å². The molecule has 2 bridgehead atoms. The van der Waals surface area contributed by atoms with Gasteiger partial charge >= 0.3 is 0 Å². The zero-order chi connectivity index (χ0) is 14.9. The van der Waals surface area contributed by atoms with E-state index in [1.165, 1.54) is 19.3 Å². The zero-order valence-corrected chi connectivity index (χ0v) is 14.4. The Morgan fingerprint density at radius 3 is 2.43 bits per heavy atom. The molecule has 0 heterocycles. The topological polar surface area (TPSA) is 26.3 Å². The maximum absolute atomic E-state index is 13.1. The Balaban J connectivity index is 1.73. The van der Waals surface area contributed by atoms with Gasteiger partial charge in [-0.05, 0) is 74.0 Å². The highest BCUT2D eigenvalue weighted by Gasteiger charge is 2.67. The van der Waals surface area contributed by atoms with Crippen molar-refractivity contribution in [1.82, 2.24) is 0 Å². The molecule has 2 nitrogen and oxygen atoms in total. The largest absolute Gasteiger partial charge is 0.496 e. The molecule has 0 N–H and O–H groups in total. The molecule has 3 fully saturated rings. The second kappa shape index (κ2) is 4.58. The van der Waals surface area contributed by atoms with E-state index in [0.717, 1.165) is 38.7 Å². The van der Waals surface area contributed by atoms with Crippen LogP contribution in [0, 0.1) is 43.4 Å². The van der Waals surface area contributed by atoms with Crippen LogP contribution in [0.5, 0.6) is 5.75 Å². The van der Waals surface area contributed by atoms with Gasteiger partial charge < -0.3 is 4.74 Å². The molecule has 0 radical (unpaired) electrons. The van der Waals surface area contributed by atoms with E-state index in [4.69, 9.17) is 4.74 Å². The number of fused-ring (bicyclic) bond motifs is 5. The van der Waals surface area contributed by atoms with Crippen molar-refractivity contribution in [2.45, 2.75) is 33.1 Å². The highest BCUT2D eigenvalue weighted by molar-refractivity contribution is 9.10. The van der Waals surface area contributed by atoms with Gasteiger partial charge in [0.1, 0.15) is 5.75 Å². The van der Waals surface area contributed by atoms with E-state index in [0.29, 0.717) is 17.6 Å². The Labute approximate surface area is 134 Å². The smallest absolute Gasteiger partial charge is 0.170 e. The second-order valence-electron chi connectivity index (χ2n) is 7.09. The third-order valence-corrected chi connectivity index (χ3v) is 6.97. The number of Topliss-reactive ketones (excluding diaryl/α,β-unsaturated/α-hetero) is 1. The van der Waals surface area contributed by atoms with E-state index in [-0.39, 0.29) is 5.92 Å². The van der Waals surface area contributed by atoms with Crippen LogP contribution >= 0.6 is 15.9 Å². The minimum Gasteiger partial charge on any atom is -0.496 e. The summed E-state index contributed by atoms with van der Waals surface area (Å²) in [4.78, 5) is 13.1. The SMILES string of the molecule is COc1c(C)cc(Br)c(C)c1C(=O)C1C2C3CCC(C3)C12. The average Bonchev–Trinajstić information content (AvgIpc) is 2.89. The second-order valence-corrected chi connectivity index (χ2v) is 7.94. The van der Waals surface area contributed by atoms with Crippen LogP contribution in [0.2, 0.25) is 0 Å². The molecule has 3 aliphatic rings. The normalized spacial score (nSPS) is 35.7. The van der Waals surface area contributed by atoms with E-state index >= 15 is 0 Å². The molecule has 4 rings (SSSR count). The van der Waals surface area contributed by atoms with Crippen LogP contribution in [0.4, 0.5) is 0 Å². The summed E-state index contributed by atoms with van der Waals surface area (Å²) in [6.45, 7) is 4.03. The summed E-state index contributed by atoms with van der Waals surface area (Å²) in [5, 5.41) is 0. The van der Waals surface area contributed by atoms with Crippen LogP contribution < -0.4 is 4.74 Å². The first-order valence-electron chi connectivity index (χ1n) is 7.92. The van der Waals surface area contributed by atoms with Gasteiger partial charge in [0, 0.05) is 10.4 Å². The quantitative estimate of drug-likeness (QED) is 0.749. The lowest BCUT2D eigenvalue weighted by molar-refractivity contribution is 0.0940. The number of hydrogen-bond donors (Lipinski definition) is 0. The van der Waals surface area contributed by atoms with Crippen molar-refractivity contribution in [2.75, 3.05) is 7.11 Å². The van der Waals surface area contributed by atoms with Gasteiger partial charge in [-0.25, -0.2) is 0 Å². The molecule has 112 valence electrons. The van der Waals surface area contributed by atoms with Gasteiger partial charge in [0.25, 0.3) is 0 Å². The third-order valence-electron chi connectivity index (χ3n) is 6.15. The van der Waals surface area contributed by atoms with Gasteiger partial charge in [-0.3, -0.25) is 4.79 Å². The minimum atomic E-state index is 0.276. The number of halogens is 1. The van der Waals surface area contributed by atoms with Crippen molar-refractivity contribution in [2.24, 2.45) is 29.6 Å². The first-order valence-corrected chi connectivity index (χ1v) is 8.71. The standard InChI is InChI=1S/C18H21BrO2/c1-8-6-12(19)9(2)13(18(8)21-3)17(20)16-14-10-4-5-11(7-10)15(14)16/h6,10-11,14-16H,4-5,7H2,1-3H3. The Morgan fingerprint density at radius 1 is 1.24 bits per heavy atom. The highest BCUT2D eigenvalue weighted by atomic mass is 79.9. The summed E-state index contributed by atoms with van der Waals surface area (Å²) < 4.78 is 6.57. The number of carbonyl (C=O) groups is 1. The first-order chi connectivity index (χ1) is 10.0. The van der Waals surface area contributed by atoms with Gasteiger partial charge in [-0.1, -0.05) is 15.9 Å². The maximum atomic E-state index is 13.1. The van der Waals surface area contributed by atoms with Gasteiger partial charge in [-0.15, -0.1) is 0 Å². The van der Waals surface area contributed by atoms with Crippen molar-refractivity contribution < 1.29 is 9.53 Å². The van der Waals surface area contributed by atoms with Crippen LogP contribution in [-0.2, 0) is 0 Å². The average molecular weight is 349 g/mol. The minimum absolute atomic E-state index is 0.276. The van der Waals surface area contributed by atoms with Crippen molar-refractivity contribution in [3.63, 3.8) is 0 Å². The fourth-order valence-electron chi connectivity index (χ4n) is 5.25. The summed E-state index contributed by atoms with van der Waals surface area (Å²) in [6, 6.07) is 2.04. The number of rotatable bonds is 3. The van der Waals surface area contributed by atoms with Crippen LogP contribution in [0.3, 0.4) is 0 Å². The first kappa shape index (κ1) is 13.8. The Morgan fingerprint density at radius 2 is 1.86 bits per heavy atom. The third kappa shape index (κ3) is 1.79. The summed E-state index contributed by atoms with van der Waals surface area (Å²) in [6.07, 6.45) is 4.08. The Hall–Kier alpha value is -0.830. The van der Waals surface area contributed by atoms with E-state index in [9.17, 15) is 4.79 Å². The Bertz CT molecular complexity index is 621. The number of aryl methyl sites for hydroxylation is 1. The lowest BCUT2D eigenvalue weighted by Gasteiger charge is -2.16. The fraction of sp³-hybridized carbons (Fsp3) is 0.611. The molecule has 3 saturated carbocycles. The summed E-state index contributed by atoms with van der Waals surface area (Å²) in [7, 11) is 1.67. The molecule has 0 amide bonds. The van der Waals surface area contributed by atoms with Crippen molar-refractivity contribution in [3.8, 4) is 5.75 Å². The molecule has 0 aromatic heterocycles. The van der Waals surface area contributed by atoms with Gasteiger partial charge in [-0.2, -0.15) is 0 Å². The number of ketones is 1. The molecule has 4 unspecified atom stereocenters. The fourth-order valence-corrected chi connectivity index (χ4v) is 5.79. The number of ether oxygens (including phenoxy) is 1.